The average molecular weight is 413 g/mol. The second-order valence-corrected chi connectivity index (χ2v) is 6.82. The van der Waals surface area contributed by atoms with Gasteiger partial charge in [-0.3, -0.25) is 9.59 Å². The Morgan fingerprint density at radius 3 is 2.47 bits per heavy atom. The number of aromatic hydroxyl groups is 1. The molecule has 5 N–H and O–H groups in total. The van der Waals surface area contributed by atoms with E-state index in [1.54, 1.807) is 18.3 Å². The molecule has 2 aromatic carbocycles. The number of anilines is 1. The number of unbranched alkanes of at least 4 members (excludes halogenated alkanes) is 1. The van der Waals surface area contributed by atoms with Gasteiger partial charge in [0.1, 0.15) is 17.2 Å². The van der Waals surface area contributed by atoms with Crippen LogP contribution in [0.25, 0.3) is 0 Å². The largest absolute Gasteiger partial charge is 0.505 e. The fraction of sp³-hybridized carbons (Fsp3) is 0.318. The zero-order valence-corrected chi connectivity index (χ0v) is 16.9. The predicted octanol–water partition coefficient (Wildman–Crippen LogP) is 3.06. The molecule has 0 unspecified atom stereocenters. The fourth-order valence-electron chi connectivity index (χ4n) is 3.02. The molecule has 2 aromatic rings. The van der Waals surface area contributed by atoms with Crippen molar-refractivity contribution in [3.63, 3.8) is 0 Å². The number of hydrazone groups is 1. The number of carboxylic acids is 1. The summed E-state index contributed by atoms with van der Waals surface area (Å²) in [6.07, 6.45) is 4.26. The minimum atomic E-state index is -0.960. The van der Waals surface area contributed by atoms with E-state index in [0.29, 0.717) is 24.2 Å². The zero-order chi connectivity index (χ0) is 21.9. The smallest absolute Gasteiger partial charge is 0.303 e. The molecule has 0 aliphatic rings. The maximum absolute atomic E-state index is 12.3. The molecule has 0 bridgehead atoms. The molecule has 0 radical (unpaired) electrons. The highest BCUT2D eigenvalue weighted by molar-refractivity contribution is 5.94. The Hall–Kier alpha value is -3.55. The molecule has 8 nitrogen and oxygen atoms in total. The number of benzene rings is 2. The lowest BCUT2D eigenvalue weighted by Crippen LogP contribution is -2.13. The van der Waals surface area contributed by atoms with Crippen molar-refractivity contribution in [3.05, 3.63) is 53.1 Å². The van der Waals surface area contributed by atoms with Crippen LogP contribution in [0.5, 0.6) is 11.5 Å². The highest BCUT2D eigenvalue weighted by atomic mass is 16.5. The number of carbonyl (C=O) groups excluding carboxylic acids is 1. The van der Waals surface area contributed by atoms with Gasteiger partial charge >= 0.3 is 5.97 Å². The lowest BCUT2D eigenvalue weighted by atomic mass is 10.0. The van der Waals surface area contributed by atoms with Crippen molar-refractivity contribution >= 4 is 23.8 Å². The first-order valence-electron chi connectivity index (χ1n) is 9.67. The first kappa shape index (κ1) is 22.7. The van der Waals surface area contributed by atoms with Crippen molar-refractivity contribution < 1.29 is 24.5 Å². The molecule has 2 rings (SSSR count). The average Bonchev–Trinajstić information content (AvgIpc) is 2.73. The van der Waals surface area contributed by atoms with Crippen LogP contribution in [0.2, 0.25) is 0 Å². The summed E-state index contributed by atoms with van der Waals surface area (Å²) < 4.78 is 5.21. The van der Waals surface area contributed by atoms with E-state index in [1.807, 2.05) is 24.3 Å². The van der Waals surface area contributed by atoms with Gasteiger partial charge in [0.2, 0.25) is 5.91 Å². The lowest BCUT2D eigenvalue weighted by Gasteiger charge is -2.15. The number of phenolic OH excluding ortho intramolecular Hbond substituents is 1. The molecule has 0 heterocycles. The van der Waals surface area contributed by atoms with E-state index in [9.17, 15) is 14.7 Å². The second-order valence-electron chi connectivity index (χ2n) is 6.82. The van der Waals surface area contributed by atoms with Gasteiger partial charge in [0, 0.05) is 12.8 Å². The number of carbonyl (C=O) groups is 2. The van der Waals surface area contributed by atoms with Crippen LogP contribution in [-0.2, 0) is 22.4 Å². The van der Waals surface area contributed by atoms with E-state index in [4.69, 9.17) is 15.7 Å². The lowest BCUT2D eigenvalue weighted by molar-refractivity contribution is -0.137. The van der Waals surface area contributed by atoms with E-state index in [2.05, 4.69) is 10.4 Å². The summed E-state index contributed by atoms with van der Waals surface area (Å²) >= 11 is 0. The number of carboxylic acid groups (broad SMARTS) is 1. The first-order valence-corrected chi connectivity index (χ1v) is 9.67. The number of nitrogens with two attached hydrogens (primary N) is 1. The minimum Gasteiger partial charge on any atom is -0.505 e. The summed E-state index contributed by atoms with van der Waals surface area (Å²) in [5.41, 5.74) is 2.70. The summed E-state index contributed by atoms with van der Waals surface area (Å²) in [6, 6.07) is 11.1. The van der Waals surface area contributed by atoms with E-state index in [1.165, 1.54) is 7.11 Å². The van der Waals surface area contributed by atoms with Crippen molar-refractivity contribution in [1.29, 1.82) is 0 Å². The molecule has 0 aliphatic heterocycles. The number of methoxy groups -OCH3 is 1. The van der Waals surface area contributed by atoms with Gasteiger partial charge in [0.05, 0.1) is 13.3 Å². The number of hydrogen-bond acceptors (Lipinski definition) is 6. The first-order chi connectivity index (χ1) is 14.4. The van der Waals surface area contributed by atoms with E-state index < -0.39 is 5.97 Å². The Labute approximate surface area is 175 Å². The normalized spacial score (nSPS) is 10.8. The summed E-state index contributed by atoms with van der Waals surface area (Å²) in [7, 11) is 1.44. The van der Waals surface area contributed by atoms with Gasteiger partial charge < -0.3 is 26.1 Å². The Bertz CT molecular complexity index is 894. The Balaban J connectivity index is 1.89. The highest BCUT2D eigenvalue weighted by Crippen LogP contribution is 2.37. The van der Waals surface area contributed by atoms with Gasteiger partial charge in [-0.25, -0.2) is 0 Å². The number of rotatable bonds is 11. The maximum atomic E-state index is 12.3. The monoisotopic (exact) mass is 413 g/mol. The standard InChI is InChI=1S/C22H27N3O5/c1-30-18-12-10-17(11-13-20(27)28)22(29)21(18)25-19(26)5-3-2-4-15-6-8-16(9-7-15)14-24-23/h6-10,12,14,29H,2-5,11,13,23H2,1H3,(H,25,26)(H,27,28). The van der Waals surface area contributed by atoms with E-state index >= 15 is 0 Å². The third kappa shape index (κ3) is 6.80. The molecule has 0 saturated heterocycles. The highest BCUT2D eigenvalue weighted by Gasteiger charge is 2.16. The number of nitrogens with one attached hydrogen (secondary N) is 1. The van der Waals surface area contributed by atoms with Crippen molar-refractivity contribution in [3.8, 4) is 11.5 Å². The molecule has 0 atom stereocenters. The van der Waals surface area contributed by atoms with Crippen LogP contribution in [-0.4, -0.2) is 35.4 Å². The third-order valence-electron chi connectivity index (χ3n) is 4.64. The van der Waals surface area contributed by atoms with Gasteiger partial charge in [-0.2, -0.15) is 5.10 Å². The second kappa shape index (κ2) is 11.5. The summed E-state index contributed by atoms with van der Waals surface area (Å²) in [5.74, 6) is 4.08. The van der Waals surface area contributed by atoms with Gasteiger partial charge in [-0.15, -0.1) is 0 Å². The van der Waals surface area contributed by atoms with Gasteiger partial charge in [-0.1, -0.05) is 30.3 Å². The molecule has 0 spiro atoms. The van der Waals surface area contributed by atoms with Crippen LogP contribution in [0.3, 0.4) is 0 Å². The van der Waals surface area contributed by atoms with Crippen LogP contribution in [0.4, 0.5) is 5.69 Å². The summed E-state index contributed by atoms with van der Waals surface area (Å²) in [6.45, 7) is 0. The van der Waals surface area contributed by atoms with Gasteiger partial charge in [-0.05, 0) is 48.4 Å². The molecular weight excluding hydrogens is 386 g/mol. The maximum Gasteiger partial charge on any atom is 0.303 e. The number of aliphatic carboxylic acids is 1. The van der Waals surface area contributed by atoms with Crippen LogP contribution in [0.1, 0.15) is 42.4 Å². The minimum absolute atomic E-state index is 0.118. The number of hydrogen-bond donors (Lipinski definition) is 4. The molecule has 30 heavy (non-hydrogen) atoms. The van der Waals surface area contributed by atoms with Crippen molar-refractivity contribution in [2.45, 2.75) is 38.5 Å². The predicted molar refractivity (Wildman–Crippen MR) is 115 cm³/mol. The number of ether oxygens (including phenoxy) is 1. The molecule has 0 aliphatic carbocycles. The van der Waals surface area contributed by atoms with Gasteiger partial charge in [0.15, 0.2) is 0 Å². The summed E-state index contributed by atoms with van der Waals surface area (Å²) in [4.78, 5) is 23.1. The Morgan fingerprint density at radius 1 is 1.10 bits per heavy atom. The molecule has 1 amide bonds. The molecule has 0 fully saturated rings. The molecule has 160 valence electrons. The molecule has 0 aromatic heterocycles. The third-order valence-corrected chi connectivity index (χ3v) is 4.64. The van der Waals surface area contributed by atoms with Crippen molar-refractivity contribution in [2.75, 3.05) is 12.4 Å². The Kier molecular flexibility index (Phi) is 8.68. The number of amides is 1. The number of aryl methyl sites for hydroxylation is 2. The van der Waals surface area contributed by atoms with Crippen LogP contribution in [0, 0.1) is 0 Å². The van der Waals surface area contributed by atoms with Crippen molar-refractivity contribution in [2.24, 2.45) is 10.9 Å². The van der Waals surface area contributed by atoms with Crippen molar-refractivity contribution in [1.82, 2.24) is 0 Å². The Morgan fingerprint density at radius 2 is 1.83 bits per heavy atom. The fourth-order valence-corrected chi connectivity index (χ4v) is 3.02. The molecule has 8 heteroatoms. The SMILES string of the molecule is COc1ccc(CCC(=O)O)c(O)c1NC(=O)CCCCc1ccc(C=NN)cc1. The number of phenols is 1. The van der Waals surface area contributed by atoms with Crippen LogP contribution < -0.4 is 15.9 Å². The topological polar surface area (TPSA) is 134 Å². The zero-order valence-electron chi connectivity index (χ0n) is 16.9. The van der Waals surface area contributed by atoms with Crippen LogP contribution >= 0.6 is 0 Å². The van der Waals surface area contributed by atoms with Crippen LogP contribution in [0.15, 0.2) is 41.5 Å². The van der Waals surface area contributed by atoms with Gasteiger partial charge in [0.25, 0.3) is 0 Å². The quantitative estimate of drug-likeness (QED) is 0.147. The molecular formula is C22H27N3O5. The summed E-state index contributed by atoms with van der Waals surface area (Å²) in [5, 5.41) is 25.4. The molecule has 0 saturated carbocycles. The van der Waals surface area contributed by atoms with E-state index in [0.717, 1.165) is 24.0 Å². The van der Waals surface area contributed by atoms with E-state index in [-0.39, 0.29) is 30.2 Å². The number of nitrogens with zero attached hydrogens (tertiary/aromatic N) is 1.